The molecule has 0 saturated carbocycles. The second kappa shape index (κ2) is 4.88. The van der Waals surface area contributed by atoms with Crippen LogP contribution in [0.2, 0.25) is 0 Å². The summed E-state index contributed by atoms with van der Waals surface area (Å²) in [7, 11) is 1.72. The first kappa shape index (κ1) is 12.0. The Morgan fingerprint density at radius 3 is 3.00 bits per heavy atom. The Balaban J connectivity index is 1.87. The highest BCUT2D eigenvalue weighted by molar-refractivity contribution is 5.48. The molecule has 1 atom stereocenters. The Morgan fingerprint density at radius 2 is 2.21 bits per heavy atom. The average Bonchev–Trinajstić information content (AvgIpc) is 2.82. The lowest BCUT2D eigenvalue weighted by molar-refractivity contribution is 0.410. The molecule has 4 heteroatoms. The lowest BCUT2D eigenvalue weighted by Crippen LogP contribution is -2.10. The van der Waals surface area contributed by atoms with Gasteiger partial charge < -0.3 is 10.1 Å². The molecule has 1 aliphatic carbocycles. The number of aryl methyl sites for hydroxylation is 1. The highest BCUT2D eigenvalue weighted by Crippen LogP contribution is 2.38. The fourth-order valence-corrected chi connectivity index (χ4v) is 2.64. The van der Waals surface area contributed by atoms with Gasteiger partial charge in [0.15, 0.2) is 0 Å². The van der Waals surface area contributed by atoms with E-state index in [4.69, 9.17) is 4.74 Å². The van der Waals surface area contributed by atoms with E-state index in [-0.39, 0.29) is 6.04 Å². The largest absolute Gasteiger partial charge is 0.496 e. The minimum absolute atomic E-state index is 0.270. The van der Waals surface area contributed by atoms with E-state index in [0.717, 1.165) is 24.3 Å². The second-order valence-electron chi connectivity index (χ2n) is 4.79. The van der Waals surface area contributed by atoms with Crippen LogP contribution in [0, 0.1) is 6.92 Å². The van der Waals surface area contributed by atoms with Crippen LogP contribution in [0.4, 0.5) is 5.95 Å². The molecular weight excluding hydrogens is 238 g/mol. The molecule has 0 radical (unpaired) electrons. The van der Waals surface area contributed by atoms with Crippen LogP contribution in [0.15, 0.2) is 30.5 Å². The number of fused-ring (bicyclic) bond motifs is 1. The van der Waals surface area contributed by atoms with E-state index < -0.39 is 0 Å². The van der Waals surface area contributed by atoms with Crippen molar-refractivity contribution in [2.45, 2.75) is 25.8 Å². The number of aromatic nitrogens is 2. The first-order valence-corrected chi connectivity index (χ1v) is 6.50. The summed E-state index contributed by atoms with van der Waals surface area (Å²) in [5.41, 5.74) is 3.57. The van der Waals surface area contributed by atoms with Gasteiger partial charge in [0.25, 0.3) is 0 Å². The summed E-state index contributed by atoms with van der Waals surface area (Å²) in [5.74, 6) is 1.67. The maximum atomic E-state index is 5.42. The Labute approximate surface area is 112 Å². The minimum atomic E-state index is 0.270. The van der Waals surface area contributed by atoms with E-state index in [1.165, 1.54) is 11.1 Å². The zero-order valence-electron chi connectivity index (χ0n) is 11.2. The molecule has 1 aromatic heterocycles. The third-order valence-electron chi connectivity index (χ3n) is 3.55. The summed E-state index contributed by atoms with van der Waals surface area (Å²) in [4.78, 5) is 8.66. The van der Waals surface area contributed by atoms with Gasteiger partial charge in [-0.3, -0.25) is 0 Å². The van der Waals surface area contributed by atoms with Crippen LogP contribution >= 0.6 is 0 Å². The number of methoxy groups -OCH3 is 1. The highest BCUT2D eigenvalue weighted by atomic mass is 16.5. The van der Waals surface area contributed by atoms with Crippen molar-refractivity contribution in [1.82, 2.24) is 9.97 Å². The number of hydrogen-bond acceptors (Lipinski definition) is 4. The monoisotopic (exact) mass is 255 g/mol. The smallest absolute Gasteiger partial charge is 0.223 e. The molecule has 4 nitrogen and oxygen atoms in total. The lowest BCUT2D eigenvalue weighted by atomic mass is 10.1. The van der Waals surface area contributed by atoms with E-state index in [9.17, 15) is 0 Å². The molecule has 0 spiro atoms. The van der Waals surface area contributed by atoms with Gasteiger partial charge in [0, 0.05) is 11.9 Å². The molecule has 3 rings (SSSR count). The minimum Gasteiger partial charge on any atom is -0.496 e. The van der Waals surface area contributed by atoms with Crippen LogP contribution in [0.25, 0.3) is 0 Å². The molecule has 0 bridgehead atoms. The van der Waals surface area contributed by atoms with Crippen molar-refractivity contribution >= 4 is 5.95 Å². The molecule has 1 aromatic carbocycles. The predicted molar refractivity (Wildman–Crippen MR) is 74.4 cm³/mol. The SMILES string of the molecule is COc1cccc2c1CCC2Nc1nccc(C)n1. The third-order valence-corrected chi connectivity index (χ3v) is 3.55. The molecule has 0 fully saturated rings. The van der Waals surface area contributed by atoms with Crippen molar-refractivity contribution in [1.29, 1.82) is 0 Å². The van der Waals surface area contributed by atoms with E-state index in [0.29, 0.717) is 5.95 Å². The zero-order valence-corrected chi connectivity index (χ0v) is 11.2. The van der Waals surface area contributed by atoms with Crippen LogP contribution in [0.5, 0.6) is 5.75 Å². The van der Waals surface area contributed by atoms with Gasteiger partial charge in [0.05, 0.1) is 13.2 Å². The first-order chi connectivity index (χ1) is 9.28. The van der Waals surface area contributed by atoms with E-state index >= 15 is 0 Å². The summed E-state index contributed by atoms with van der Waals surface area (Å²) < 4.78 is 5.42. The highest BCUT2D eigenvalue weighted by Gasteiger charge is 2.25. The van der Waals surface area contributed by atoms with Gasteiger partial charge >= 0.3 is 0 Å². The Hall–Kier alpha value is -2.10. The van der Waals surface area contributed by atoms with Gasteiger partial charge in [-0.25, -0.2) is 9.97 Å². The van der Waals surface area contributed by atoms with Crippen LogP contribution in [0.1, 0.15) is 29.3 Å². The van der Waals surface area contributed by atoms with Crippen LogP contribution in [-0.2, 0) is 6.42 Å². The number of nitrogens with one attached hydrogen (secondary N) is 1. The number of ether oxygens (including phenoxy) is 1. The van der Waals surface area contributed by atoms with Gasteiger partial charge in [-0.05, 0) is 43.0 Å². The molecule has 19 heavy (non-hydrogen) atoms. The molecule has 1 aliphatic rings. The van der Waals surface area contributed by atoms with Gasteiger partial charge in [-0.1, -0.05) is 12.1 Å². The van der Waals surface area contributed by atoms with E-state index in [1.807, 2.05) is 25.1 Å². The Morgan fingerprint density at radius 1 is 1.32 bits per heavy atom. The normalized spacial score (nSPS) is 17.1. The molecule has 98 valence electrons. The van der Waals surface area contributed by atoms with E-state index in [1.54, 1.807) is 13.3 Å². The predicted octanol–water partition coefficient (Wildman–Crippen LogP) is 2.89. The number of benzene rings is 1. The van der Waals surface area contributed by atoms with Crippen molar-refractivity contribution in [3.63, 3.8) is 0 Å². The standard InChI is InChI=1S/C15H17N3O/c1-10-8-9-16-15(17-10)18-13-7-6-12-11(13)4-3-5-14(12)19-2/h3-5,8-9,13H,6-7H2,1-2H3,(H,16,17,18). The fraction of sp³-hybridized carbons (Fsp3) is 0.333. The van der Waals surface area contributed by atoms with Crippen LogP contribution in [0.3, 0.4) is 0 Å². The fourth-order valence-electron chi connectivity index (χ4n) is 2.64. The van der Waals surface area contributed by atoms with Gasteiger partial charge in [-0.15, -0.1) is 0 Å². The summed E-state index contributed by atoms with van der Waals surface area (Å²) in [5, 5.41) is 3.41. The Bertz CT molecular complexity index is 598. The van der Waals surface area contributed by atoms with Crippen LogP contribution < -0.4 is 10.1 Å². The molecule has 0 amide bonds. The number of anilines is 1. The molecular formula is C15H17N3O. The Kier molecular flexibility index (Phi) is 3.07. The van der Waals surface area contributed by atoms with Crippen molar-refractivity contribution in [3.05, 3.63) is 47.3 Å². The molecule has 1 heterocycles. The molecule has 2 aromatic rings. The summed E-state index contributed by atoms with van der Waals surface area (Å²) >= 11 is 0. The maximum Gasteiger partial charge on any atom is 0.223 e. The molecule has 0 saturated heterocycles. The molecule has 1 unspecified atom stereocenters. The maximum absolute atomic E-state index is 5.42. The second-order valence-corrected chi connectivity index (χ2v) is 4.79. The third kappa shape index (κ3) is 2.26. The van der Waals surface area contributed by atoms with Crippen LogP contribution in [-0.4, -0.2) is 17.1 Å². The van der Waals surface area contributed by atoms with Gasteiger partial charge in [-0.2, -0.15) is 0 Å². The van der Waals surface area contributed by atoms with Crippen molar-refractivity contribution in [2.24, 2.45) is 0 Å². The van der Waals surface area contributed by atoms with E-state index in [2.05, 4.69) is 21.4 Å². The number of hydrogen-bond donors (Lipinski definition) is 1. The van der Waals surface area contributed by atoms with Gasteiger partial charge in [0.2, 0.25) is 5.95 Å². The lowest BCUT2D eigenvalue weighted by Gasteiger charge is -2.14. The number of rotatable bonds is 3. The van der Waals surface area contributed by atoms with Crippen molar-refractivity contribution < 1.29 is 4.74 Å². The van der Waals surface area contributed by atoms with Crippen molar-refractivity contribution in [2.75, 3.05) is 12.4 Å². The number of nitrogens with zero attached hydrogens (tertiary/aromatic N) is 2. The van der Waals surface area contributed by atoms with Gasteiger partial charge in [0.1, 0.15) is 5.75 Å². The summed E-state index contributed by atoms with van der Waals surface area (Å²) in [6, 6.07) is 8.38. The summed E-state index contributed by atoms with van der Waals surface area (Å²) in [6.07, 6.45) is 3.86. The quantitative estimate of drug-likeness (QED) is 0.916. The molecule has 0 aliphatic heterocycles. The average molecular weight is 255 g/mol. The zero-order chi connectivity index (χ0) is 13.2. The summed E-state index contributed by atoms with van der Waals surface area (Å²) in [6.45, 7) is 1.97. The van der Waals surface area contributed by atoms with Crippen molar-refractivity contribution in [3.8, 4) is 5.75 Å². The first-order valence-electron chi connectivity index (χ1n) is 6.50. The molecule has 1 N–H and O–H groups in total. The topological polar surface area (TPSA) is 47.0 Å².